The number of rotatable bonds is 3. The van der Waals surface area contributed by atoms with Gasteiger partial charge in [-0.1, -0.05) is 18.2 Å². The van der Waals surface area contributed by atoms with Gasteiger partial charge in [0.1, 0.15) is 0 Å². The van der Waals surface area contributed by atoms with Crippen LogP contribution in [0, 0.1) is 0 Å². The van der Waals surface area contributed by atoms with Gasteiger partial charge in [-0.25, -0.2) is 4.79 Å². The van der Waals surface area contributed by atoms with Crippen molar-refractivity contribution in [3.8, 4) is 0 Å². The Balaban J connectivity index is 2.16. The summed E-state index contributed by atoms with van der Waals surface area (Å²) in [7, 11) is 0. The fourth-order valence-corrected chi connectivity index (χ4v) is 2.91. The monoisotopic (exact) mass is 257 g/mol. The molecule has 90 valence electrons. The van der Waals surface area contributed by atoms with Crippen LogP contribution in [0.25, 0.3) is 10.9 Å². The molecule has 2 heterocycles. The molecule has 0 unspecified atom stereocenters. The number of thiophene rings is 1. The number of nitrogens with one attached hydrogen (secondary N) is 1. The Morgan fingerprint density at radius 1 is 1.28 bits per heavy atom. The molecule has 3 nitrogen and oxygen atoms in total. The second-order valence-corrected chi connectivity index (χ2v) is 5.14. The summed E-state index contributed by atoms with van der Waals surface area (Å²) in [6.45, 7) is 0. The molecule has 0 spiro atoms. The van der Waals surface area contributed by atoms with Gasteiger partial charge >= 0.3 is 5.97 Å². The molecule has 18 heavy (non-hydrogen) atoms. The number of hydrogen-bond acceptors (Lipinski definition) is 2. The lowest BCUT2D eigenvalue weighted by molar-refractivity contribution is 0.0699. The summed E-state index contributed by atoms with van der Waals surface area (Å²) in [5.41, 5.74) is 2.27. The van der Waals surface area contributed by atoms with E-state index in [0.717, 1.165) is 22.9 Å². The molecule has 0 saturated heterocycles. The van der Waals surface area contributed by atoms with E-state index in [4.69, 9.17) is 0 Å². The highest BCUT2D eigenvalue weighted by Crippen LogP contribution is 2.26. The zero-order valence-electron chi connectivity index (χ0n) is 9.51. The minimum atomic E-state index is -0.889. The molecule has 0 aliphatic heterocycles. The summed E-state index contributed by atoms with van der Waals surface area (Å²) in [5, 5.41) is 12.1. The van der Waals surface area contributed by atoms with Crippen molar-refractivity contribution in [1.82, 2.24) is 4.98 Å². The predicted octanol–water partition coefficient (Wildman–Crippen LogP) is 3.52. The Labute approximate surface area is 108 Å². The number of carboxylic acid groups (broad SMARTS) is 1. The van der Waals surface area contributed by atoms with E-state index in [1.807, 2.05) is 29.6 Å². The SMILES string of the molecule is O=C(O)c1c[nH]c2cccc(Cc3cccs3)c12. The van der Waals surface area contributed by atoms with Gasteiger partial charge in [-0.2, -0.15) is 0 Å². The first-order valence-corrected chi connectivity index (χ1v) is 6.48. The number of aromatic amines is 1. The number of H-pyrrole nitrogens is 1. The van der Waals surface area contributed by atoms with Crippen LogP contribution in [0.15, 0.2) is 41.9 Å². The Morgan fingerprint density at radius 2 is 2.17 bits per heavy atom. The Kier molecular flexibility index (Phi) is 2.64. The molecule has 3 aromatic rings. The lowest BCUT2D eigenvalue weighted by Gasteiger charge is -2.03. The molecular weight excluding hydrogens is 246 g/mol. The lowest BCUT2D eigenvalue weighted by atomic mass is 10.0. The number of hydrogen-bond donors (Lipinski definition) is 2. The van der Waals surface area contributed by atoms with Crippen LogP contribution in [-0.4, -0.2) is 16.1 Å². The maximum absolute atomic E-state index is 11.2. The first-order valence-electron chi connectivity index (χ1n) is 5.60. The van der Waals surface area contributed by atoms with Crippen LogP contribution in [-0.2, 0) is 6.42 Å². The van der Waals surface area contributed by atoms with Crippen molar-refractivity contribution in [3.63, 3.8) is 0 Å². The molecule has 1 aromatic carbocycles. The van der Waals surface area contributed by atoms with Gasteiger partial charge in [0.15, 0.2) is 0 Å². The van der Waals surface area contributed by atoms with Gasteiger partial charge in [-0.15, -0.1) is 11.3 Å². The number of carbonyl (C=O) groups is 1. The molecule has 0 amide bonds. The summed E-state index contributed by atoms with van der Waals surface area (Å²) in [5.74, 6) is -0.889. The summed E-state index contributed by atoms with van der Waals surface area (Å²) >= 11 is 1.69. The third-order valence-corrected chi connectivity index (χ3v) is 3.84. The minimum absolute atomic E-state index is 0.345. The summed E-state index contributed by atoms with van der Waals surface area (Å²) in [4.78, 5) is 15.5. The number of carboxylic acids is 1. The van der Waals surface area contributed by atoms with Crippen LogP contribution in [0.4, 0.5) is 0 Å². The summed E-state index contributed by atoms with van der Waals surface area (Å²) in [6, 6.07) is 9.92. The first kappa shape index (κ1) is 11.0. The molecule has 4 heteroatoms. The van der Waals surface area contributed by atoms with Crippen molar-refractivity contribution in [2.45, 2.75) is 6.42 Å². The molecule has 3 rings (SSSR count). The topological polar surface area (TPSA) is 53.1 Å². The number of fused-ring (bicyclic) bond motifs is 1. The van der Waals surface area contributed by atoms with Crippen LogP contribution in [0.2, 0.25) is 0 Å². The smallest absolute Gasteiger partial charge is 0.337 e. The first-order chi connectivity index (χ1) is 8.75. The second-order valence-electron chi connectivity index (χ2n) is 4.10. The standard InChI is InChI=1S/C14H11NO2S/c16-14(17)11-8-15-12-5-1-3-9(13(11)12)7-10-4-2-6-18-10/h1-6,8,15H,7H2,(H,16,17). The van der Waals surface area contributed by atoms with Gasteiger partial charge in [0, 0.05) is 28.4 Å². The quantitative estimate of drug-likeness (QED) is 0.754. The maximum atomic E-state index is 11.2. The normalized spacial score (nSPS) is 10.9. The number of aromatic nitrogens is 1. The van der Waals surface area contributed by atoms with E-state index < -0.39 is 5.97 Å². The van der Waals surface area contributed by atoms with E-state index in [1.165, 1.54) is 4.88 Å². The highest BCUT2D eigenvalue weighted by atomic mass is 32.1. The highest BCUT2D eigenvalue weighted by Gasteiger charge is 2.14. The summed E-state index contributed by atoms with van der Waals surface area (Å²) in [6.07, 6.45) is 2.33. The van der Waals surface area contributed by atoms with E-state index in [2.05, 4.69) is 11.1 Å². The van der Waals surface area contributed by atoms with Crippen molar-refractivity contribution in [1.29, 1.82) is 0 Å². The Bertz CT molecular complexity index is 698. The van der Waals surface area contributed by atoms with Crippen molar-refractivity contribution < 1.29 is 9.90 Å². The Hall–Kier alpha value is -2.07. The van der Waals surface area contributed by atoms with Crippen molar-refractivity contribution in [2.75, 3.05) is 0 Å². The Morgan fingerprint density at radius 3 is 2.89 bits per heavy atom. The molecular formula is C14H11NO2S. The average Bonchev–Trinajstić information content (AvgIpc) is 2.97. The molecule has 0 aliphatic carbocycles. The van der Waals surface area contributed by atoms with Crippen LogP contribution in [0.3, 0.4) is 0 Å². The largest absolute Gasteiger partial charge is 0.478 e. The third kappa shape index (κ3) is 1.80. The van der Waals surface area contributed by atoms with E-state index >= 15 is 0 Å². The van der Waals surface area contributed by atoms with Crippen LogP contribution < -0.4 is 0 Å². The van der Waals surface area contributed by atoms with Gasteiger partial charge in [-0.3, -0.25) is 0 Å². The highest BCUT2D eigenvalue weighted by molar-refractivity contribution is 7.09. The molecule has 2 aromatic heterocycles. The zero-order valence-corrected chi connectivity index (χ0v) is 10.3. The van der Waals surface area contributed by atoms with Crippen LogP contribution in [0.5, 0.6) is 0 Å². The van der Waals surface area contributed by atoms with E-state index in [1.54, 1.807) is 17.5 Å². The predicted molar refractivity (Wildman–Crippen MR) is 72.4 cm³/mol. The van der Waals surface area contributed by atoms with Crippen LogP contribution >= 0.6 is 11.3 Å². The van der Waals surface area contributed by atoms with Gasteiger partial charge in [0.05, 0.1) is 5.56 Å². The third-order valence-electron chi connectivity index (χ3n) is 2.97. The molecule has 0 saturated carbocycles. The van der Waals surface area contributed by atoms with E-state index in [-0.39, 0.29) is 0 Å². The number of aromatic carboxylic acids is 1. The molecule has 0 radical (unpaired) electrons. The van der Waals surface area contributed by atoms with Gasteiger partial charge in [0.25, 0.3) is 0 Å². The van der Waals surface area contributed by atoms with Gasteiger partial charge in [0.2, 0.25) is 0 Å². The molecule has 0 atom stereocenters. The van der Waals surface area contributed by atoms with Crippen LogP contribution in [0.1, 0.15) is 20.8 Å². The number of benzene rings is 1. The zero-order chi connectivity index (χ0) is 12.5. The average molecular weight is 257 g/mol. The van der Waals surface area contributed by atoms with Gasteiger partial charge < -0.3 is 10.1 Å². The molecule has 0 aliphatic rings. The van der Waals surface area contributed by atoms with Crippen molar-refractivity contribution in [2.24, 2.45) is 0 Å². The fraction of sp³-hybridized carbons (Fsp3) is 0.0714. The molecule has 0 bridgehead atoms. The van der Waals surface area contributed by atoms with Crippen molar-refractivity contribution in [3.05, 3.63) is 57.9 Å². The van der Waals surface area contributed by atoms with E-state index in [0.29, 0.717) is 5.56 Å². The minimum Gasteiger partial charge on any atom is -0.478 e. The fourth-order valence-electron chi connectivity index (χ4n) is 2.18. The second kappa shape index (κ2) is 4.31. The van der Waals surface area contributed by atoms with E-state index in [9.17, 15) is 9.90 Å². The molecule has 2 N–H and O–H groups in total. The summed E-state index contributed by atoms with van der Waals surface area (Å²) < 4.78 is 0. The maximum Gasteiger partial charge on any atom is 0.337 e. The van der Waals surface area contributed by atoms with Gasteiger partial charge in [-0.05, 0) is 23.1 Å². The lowest BCUT2D eigenvalue weighted by Crippen LogP contribution is -1.96. The molecule has 0 fully saturated rings. The van der Waals surface area contributed by atoms with Crippen molar-refractivity contribution >= 4 is 28.2 Å².